The number of hydrogen-bond acceptors (Lipinski definition) is 4. The van der Waals surface area contributed by atoms with Gasteiger partial charge in [0.1, 0.15) is 10.9 Å². The van der Waals surface area contributed by atoms with E-state index in [0.717, 1.165) is 0 Å². The van der Waals surface area contributed by atoms with E-state index in [1.165, 1.54) is 17.1 Å². The van der Waals surface area contributed by atoms with Crippen LogP contribution in [0.5, 0.6) is 0 Å². The largest absolute Gasteiger partial charge is 0.480 e. The van der Waals surface area contributed by atoms with E-state index in [4.69, 9.17) is 5.11 Å². The highest BCUT2D eigenvalue weighted by atomic mass is 32.2. The van der Waals surface area contributed by atoms with Gasteiger partial charge in [0.25, 0.3) is 0 Å². The summed E-state index contributed by atoms with van der Waals surface area (Å²) in [7, 11) is -3.88. The van der Waals surface area contributed by atoms with E-state index in [-0.39, 0.29) is 23.3 Å². The molecule has 7 nitrogen and oxygen atoms in total. The predicted octanol–water partition coefficient (Wildman–Crippen LogP) is 1.24. The Morgan fingerprint density at radius 3 is 2.40 bits per heavy atom. The molecule has 1 atom stereocenters. The van der Waals surface area contributed by atoms with Crippen LogP contribution in [-0.2, 0) is 14.8 Å². The second-order valence-electron chi connectivity index (χ2n) is 5.39. The fourth-order valence-electron chi connectivity index (χ4n) is 1.67. The molecule has 114 valence electrons. The van der Waals surface area contributed by atoms with Crippen LogP contribution in [0.4, 0.5) is 0 Å². The molecule has 0 aliphatic carbocycles. The van der Waals surface area contributed by atoms with E-state index >= 15 is 0 Å². The minimum atomic E-state index is -3.88. The van der Waals surface area contributed by atoms with E-state index in [1.807, 2.05) is 27.7 Å². The average molecular weight is 303 g/mol. The van der Waals surface area contributed by atoms with Crippen molar-refractivity contribution >= 4 is 16.0 Å². The Hall–Kier alpha value is -1.41. The molecule has 0 amide bonds. The number of nitrogens with one attached hydrogen (secondary N) is 1. The molecule has 0 fully saturated rings. The molecule has 1 heterocycles. The number of aromatic nitrogens is 2. The molecule has 8 heteroatoms. The van der Waals surface area contributed by atoms with E-state index < -0.39 is 22.0 Å². The van der Waals surface area contributed by atoms with E-state index in [1.54, 1.807) is 0 Å². The topological polar surface area (TPSA) is 101 Å². The highest BCUT2D eigenvalue weighted by molar-refractivity contribution is 7.89. The third-order valence-electron chi connectivity index (χ3n) is 2.72. The van der Waals surface area contributed by atoms with Gasteiger partial charge in [-0.15, -0.1) is 0 Å². The van der Waals surface area contributed by atoms with E-state index in [2.05, 4.69) is 9.82 Å². The van der Waals surface area contributed by atoms with Crippen LogP contribution in [0.1, 0.15) is 40.2 Å². The van der Waals surface area contributed by atoms with Crippen LogP contribution < -0.4 is 4.72 Å². The Kier molecular flexibility index (Phi) is 5.29. The van der Waals surface area contributed by atoms with Gasteiger partial charge in [0, 0.05) is 12.2 Å². The summed E-state index contributed by atoms with van der Waals surface area (Å²) in [5, 5.41) is 13.0. The smallest absolute Gasteiger partial charge is 0.321 e. The number of carbonyl (C=O) groups is 1. The number of carboxylic acid groups (broad SMARTS) is 1. The molecule has 0 aliphatic heterocycles. The minimum absolute atomic E-state index is 0.0267. The van der Waals surface area contributed by atoms with Crippen molar-refractivity contribution in [3.8, 4) is 0 Å². The maximum atomic E-state index is 12.1. The van der Waals surface area contributed by atoms with Gasteiger partial charge in [0.2, 0.25) is 10.0 Å². The van der Waals surface area contributed by atoms with Crippen molar-refractivity contribution in [2.45, 2.75) is 51.1 Å². The molecule has 0 saturated heterocycles. The van der Waals surface area contributed by atoms with Crippen LogP contribution in [0, 0.1) is 5.92 Å². The lowest BCUT2D eigenvalue weighted by Gasteiger charge is -2.15. The Labute approximate surface area is 119 Å². The lowest BCUT2D eigenvalue weighted by Crippen LogP contribution is -2.41. The fraction of sp³-hybridized carbons (Fsp3) is 0.667. The van der Waals surface area contributed by atoms with Gasteiger partial charge in [0.05, 0.1) is 6.20 Å². The number of nitrogens with zero attached hydrogens (tertiary/aromatic N) is 2. The molecule has 0 aromatic carbocycles. The molecule has 0 unspecified atom stereocenters. The van der Waals surface area contributed by atoms with Gasteiger partial charge >= 0.3 is 5.97 Å². The summed E-state index contributed by atoms with van der Waals surface area (Å²) in [4.78, 5) is 11.1. The zero-order valence-electron chi connectivity index (χ0n) is 12.1. The quantitative estimate of drug-likeness (QED) is 0.789. The van der Waals surface area contributed by atoms with Gasteiger partial charge in [-0.25, -0.2) is 8.42 Å². The second kappa shape index (κ2) is 6.36. The molecular weight excluding hydrogens is 282 g/mol. The van der Waals surface area contributed by atoms with Gasteiger partial charge in [0.15, 0.2) is 0 Å². The van der Waals surface area contributed by atoms with Crippen molar-refractivity contribution in [1.29, 1.82) is 0 Å². The summed E-state index contributed by atoms with van der Waals surface area (Å²) in [5.74, 6) is -1.12. The van der Waals surface area contributed by atoms with Crippen molar-refractivity contribution in [3.05, 3.63) is 12.4 Å². The molecule has 0 saturated carbocycles. The first-order valence-corrected chi connectivity index (χ1v) is 7.91. The third-order valence-corrected chi connectivity index (χ3v) is 4.15. The van der Waals surface area contributed by atoms with Gasteiger partial charge < -0.3 is 5.11 Å². The summed E-state index contributed by atoms with van der Waals surface area (Å²) in [6, 6.07) is -1.10. The highest BCUT2D eigenvalue weighted by Gasteiger charge is 2.27. The number of carboxylic acids is 1. The first kappa shape index (κ1) is 16.6. The molecule has 0 bridgehead atoms. The molecule has 0 aliphatic rings. The van der Waals surface area contributed by atoms with Crippen molar-refractivity contribution < 1.29 is 18.3 Å². The second-order valence-corrected chi connectivity index (χ2v) is 7.11. The van der Waals surface area contributed by atoms with Crippen molar-refractivity contribution in [2.24, 2.45) is 5.92 Å². The monoisotopic (exact) mass is 303 g/mol. The molecule has 1 aromatic rings. The first-order valence-electron chi connectivity index (χ1n) is 6.42. The molecule has 20 heavy (non-hydrogen) atoms. The Bertz CT molecular complexity index is 563. The van der Waals surface area contributed by atoms with Gasteiger partial charge in [-0.05, 0) is 26.2 Å². The summed E-state index contributed by atoms with van der Waals surface area (Å²) in [6.45, 7) is 7.41. The van der Waals surface area contributed by atoms with Gasteiger partial charge in [-0.2, -0.15) is 9.82 Å². The molecule has 0 radical (unpaired) electrons. The summed E-state index contributed by atoms with van der Waals surface area (Å²) >= 11 is 0. The highest BCUT2D eigenvalue weighted by Crippen LogP contribution is 2.13. The van der Waals surface area contributed by atoms with Gasteiger partial charge in [-0.3, -0.25) is 9.48 Å². The lowest BCUT2D eigenvalue weighted by molar-refractivity contribution is -0.139. The third kappa shape index (κ3) is 4.31. The van der Waals surface area contributed by atoms with Crippen molar-refractivity contribution in [3.63, 3.8) is 0 Å². The SMILES string of the molecule is CC(C)C[C@@H](NS(=O)(=O)c1cnn(C(C)C)c1)C(=O)O. The Balaban J connectivity index is 2.94. The first-order chi connectivity index (χ1) is 9.13. The van der Waals surface area contributed by atoms with Crippen molar-refractivity contribution in [1.82, 2.24) is 14.5 Å². The molecule has 0 spiro atoms. The zero-order chi connectivity index (χ0) is 15.5. The van der Waals surface area contributed by atoms with Crippen LogP contribution in [0.3, 0.4) is 0 Å². The minimum Gasteiger partial charge on any atom is -0.480 e. The van der Waals surface area contributed by atoms with Crippen LogP contribution in [0.25, 0.3) is 0 Å². The van der Waals surface area contributed by atoms with Crippen LogP contribution in [0.2, 0.25) is 0 Å². The number of rotatable bonds is 7. The van der Waals surface area contributed by atoms with E-state index in [9.17, 15) is 13.2 Å². The van der Waals surface area contributed by atoms with Gasteiger partial charge in [-0.1, -0.05) is 13.8 Å². The summed E-state index contributed by atoms with van der Waals surface area (Å²) in [5.41, 5.74) is 0. The standard InChI is InChI=1S/C12H21N3O4S/c1-8(2)5-11(12(16)17)14-20(18,19)10-6-13-15(7-10)9(3)4/h6-9,11,14H,5H2,1-4H3,(H,16,17)/t11-/m1/s1. The zero-order valence-corrected chi connectivity index (χ0v) is 12.9. The maximum Gasteiger partial charge on any atom is 0.321 e. The molecule has 1 aromatic heterocycles. The molecule has 1 rings (SSSR count). The summed E-state index contributed by atoms with van der Waals surface area (Å²) < 4.78 is 28.0. The summed E-state index contributed by atoms with van der Waals surface area (Å²) in [6.07, 6.45) is 2.84. The van der Waals surface area contributed by atoms with Crippen LogP contribution in [0.15, 0.2) is 17.3 Å². The lowest BCUT2D eigenvalue weighted by atomic mass is 10.1. The van der Waals surface area contributed by atoms with Crippen molar-refractivity contribution in [2.75, 3.05) is 0 Å². The predicted molar refractivity (Wildman–Crippen MR) is 73.8 cm³/mol. The van der Waals surface area contributed by atoms with Crippen LogP contribution in [-0.4, -0.2) is 35.3 Å². The maximum absolute atomic E-state index is 12.1. The normalized spacial score (nSPS) is 13.9. The number of hydrogen-bond donors (Lipinski definition) is 2. The molecular formula is C12H21N3O4S. The van der Waals surface area contributed by atoms with Crippen LogP contribution >= 0.6 is 0 Å². The Morgan fingerprint density at radius 2 is 2.00 bits per heavy atom. The fourth-order valence-corrected chi connectivity index (χ4v) is 2.81. The molecule has 2 N–H and O–H groups in total. The average Bonchev–Trinajstić information content (AvgIpc) is 2.76. The number of aliphatic carboxylic acids is 1. The number of sulfonamides is 1. The Morgan fingerprint density at radius 1 is 1.40 bits per heavy atom. The van der Waals surface area contributed by atoms with E-state index in [0.29, 0.717) is 0 Å².